The fourth-order valence-corrected chi connectivity index (χ4v) is 6.74. The van der Waals surface area contributed by atoms with Crippen molar-refractivity contribution < 1.29 is 27.6 Å². The normalized spacial score (nSPS) is 16.8. The maximum Gasteiger partial charge on any atom is 0.333 e. The van der Waals surface area contributed by atoms with E-state index in [-0.39, 0.29) is 19.3 Å². The quantitative estimate of drug-likeness (QED) is 0.502. The molecular formula is C14H23NO6S2. The van der Waals surface area contributed by atoms with E-state index in [9.17, 15) is 22.8 Å². The van der Waals surface area contributed by atoms with Gasteiger partial charge in [0, 0.05) is 23.8 Å². The molecule has 1 aliphatic heterocycles. The van der Waals surface area contributed by atoms with Crippen LogP contribution < -0.4 is 0 Å². The summed E-state index contributed by atoms with van der Waals surface area (Å²) in [6.07, 6.45) is 1.65. The molecule has 0 unspecified atom stereocenters. The zero-order valence-electron chi connectivity index (χ0n) is 14.0. The SMILES string of the molecule is CC(C)(CC(=O)ON1C(=O)CCC1=O)CC(C)(C)SS(C)(=O)=O. The molecule has 0 aliphatic carbocycles. The van der Waals surface area contributed by atoms with Gasteiger partial charge in [-0.1, -0.05) is 13.8 Å². The molecule has 0 aromatic heterocycles. The topological polar surface area (TPSA) is 97.8 Å². The van der Waals surface area contributed by atoms with Crippen LogP contribution in [0.3, 0.4) is 0 Å². The minimum absolute atomic E-state index is 0.0299. The number of rotatable bonds is 7. The summed E-state index contributed by atoms with van der Waals surface area (Å²) in [7, 11) is -2.36. The second-order valence-electron chi connectivity index (χ2n) is 7.11. The number of imide groups is 1. The maximum absolute atomic E-state index is 12.0. The molecule has 0 radical (unpaired) electrons. The minimum Gasteiger partial charge on any atom is -0.330 e. The molecule has 132 valence electrons. The molecule has 2 amide bonds. The molecule has 1 saturated heterocycles. The Morgan fingerprint density at radius 1 is 1.17 bits per heavy atom. The van der Waals surface area contributed by atoms with Gasteiger partial charge in [0.2, 0.25) is 0 Å². The summed E-state index contributed by atoms with van der Waals surface area (Å²) in [6.45, 7) is 7.21. The van der Waals surface area contributed by atoms with Crippen molar-refractivity contribution in [2.45, 2.75) is 58.1 Å². The van der Waals surface area contributed by atoms with E-state index in [4.69, 9.17) is 4.84 Å². The number of hydrogen-bond donors (Lipinski definition) is 0. The Kier molecular flexibility index (Phi) is 5.90. The molecule has 9 heteroatoms. The second kappa shape index (κ2) is 6.80. The Morgan fingerprint density at radius 2 is 1.65 bits per heavy atom. The third-order valence-corrected chi connectivity index (χ3v) is 6.26. The average molecular weight is 365 g/mol. The van der Waals surface area contributed by atoms with Crippen molar-refractivity contribution >= 4 is 37.4 Å². The van der Waals surface area contributed by atoms with Crippen LogP contribution in [0.1, 0.15) is 53.4 Å². The minimum atomic E-state index is -3.21. The first kappa shape index (κ1) is 20.0. The summed E-state index contributed by atoms with van der Waals surface area (Å²) in [6, 6.07) is 0. The van der Waals surface area contributed by atoms with Crippen LogP contribution in [-0.2, 0) is 28.1 Å². The van der Waals surface area contributed by atoms with Crippen molar-refractivity contribution in [3.8, 4) is 0 Å². The molecule has 0 atom stereocenters. The molecular weight excluding hydrogens is 342 g/mol. The Labute approximate surface area is 140 Å². The number of carbonyl (C=O) groups is 3. The first-order valence-electron chi connectivity index (χ1n) is 7.18. The Balaban J connectivity index is 2.65. The number of hydroxylamine groups is 2. The molecule has 0 aromatic rings. The van der Waals surface area contributed by atoms with E-state index in [1.807, 2.05) is 13.8 Å². The Bertz CT molecular complexity index is 593. The van der Waals surface area contributed by atoms with Crippen molar-refractivity contribution in [3.05, 3.63) is 0 Å². The molecule has 0 saturated carbocycles. The van der Waals surface area contributed by atoms with Gasteiger partial charge in [-0.05, 0) is 36.5 Å². The van der Waals surface area contributed by atoms with Crippen LogP contribution >= 0.6 is 10.8 Å². The van der Waals surface area contributed by atoms with E-state index in [0.717, 1.165) is 17.0 Å². The van der Waals surface area contributed by atoms with Gasteiger partial charge in [-0.2, -0.15) is 0 Å². The molecule has 0 spiro atoms. The van der Waals surface area contributed by atoms with Gasteiger partial charge >= 0.3 is 5.97 Å². The number of nitrogens with zero attached hydrogens (tertiary/aromatic N) is 1. The van der Waals surface area contributed by atoms with E-state index in [1.54, 1.807) is 13.8 Å². The van der Waals surface area contributed by atoms with E-state index < -0.39 is 36.8 Å². The van der Waals surface area contributed by atoms with Crippen LogP contribution in [0.25, 0.3) is 0 Å². The fraction of sp³-hybridized carbons (Fsp3) is 0.786. The fourth-order valence-electron chi connectivity index (χ4n) is 2.84. The predicted octanol–water partition coefficient (Wildman–Crippen LogP) is 1.87. The highest BCUT2D eigenvalue weighted by Gasteiger charge is 2.37. The Morgan fingerprint density at radius 3 is 2.09 bits per heavy atom. The van der Waals surface area contributed by atoms with Crippen molar-refractivity contribution in [2.24, 2.45) is 5.41 Å². The van der Waals surface area contributed by atoms with Gasteiger partial charge in [-0.3, -0.25) is 9.59 Å². The van der Waals surface area contributed by atoms with Crippen LogP contribution in [0, 0.1) is 5.41 Å². The lowest BCUT2D eigenvalue weighted by molar-refractivity contribution is -0.199. The molecule has 0 aromatic carbocycles. The number of carbonyl (C=O) groups excluding carboxylic acids is 3. The van der Waals surface area contributed by atoms with Crippen molar-refractivity contribution in [2.75, 3.05) is 6.26 Å². The largest absolute Gasteiger partial charge is 0.333 e. The molecule has 7 nitrogen and oxygen atoms in total. The summed E-state index contributed by atoms with van der Waals surface area (Å²) < 4.78 is 22.3. The third kappa shape index (κ3) is 6.90. The molecule has 1 fully saturated rings. The number of amides is 2. The summed E-state index contributed by atoms with van der Waals surface area (Å²) in [5, 5.41) is 0.523. The lowest BCUT2D eigenvalue weighted by Gasteiger charge is -2.33. The molecule has 1 heterocycles. The van der Waals surface area contributed by atoms with Crippen molar-refractivity contribution in [1.29, 1.82) is 0 Å². The summed E-state index contributed by atoms with van der Waals surface area (Å²) in [4.78, 5) is 39.7. The van der Waals surface area contributed by atoms with Crippen LogP contribution in [0.4, 0.5) is 0 Å². The highest BCUT2D eigenvalue weighted by atomic mass is 33.1. The maximum atomic E-state index is 12.0. The van der Waals surface area contributed by atoms with Crippen molar-refractivity contribution in [1.82, 2.24) is 5.06 Å². The van der Waals surface area contributed by atoms with Gasteiger partial charge in [0.15, 0.2) is 8.87 Å². The summed E-state index contributed by atoms with van der Waals surface area (Å²) in [5.74, 6) is -1.72. The highest BCUT2D eigenvalue weighted by Crippen LogP contribution is 2.41. The van der Waals surface area contributed by atoms with Gasteiger partial charge in [0.05, 0.1) is 6.42 Å². The van der Waals surface area contributed by atoms with Gasteiger partial charge in [-0.25, -0.2) is 13.2 Å². The van der Waals surface area contributed by atoms with Crippen LogP contribution in [-0.4, -0.2) is 42.3 Å². The predicted molar refractivity (Wildman–Crippen MR) is 86.7 cm³/mol. The van der Waals surface area contributed by atoms with E-state index in [2.05, 4.69) is 0 Å². The van der Waals surface area contributed by atoms with E-state index in [0.29, 0.717) is 11.5 Å². The zero-order valence-corrected chi connectivity index (χ0v) is 15.7. The first-order chi connectivity index (χ1) is 10.2. The van der Waals surface area contributed by atoms with Gasteiger partial charge < -0.3 is 4.84 Å². The lowest BCUT2D eigenvalue weighted by atomic mass is 9.81. The van der Waals surface area contributed by atoms with Gasteiger partial charge in [0.25, 0.3) is 11.8 Å². The van der Waals surface area contributed by atoms with Gasteiger partial charge in [0.1, 0.15) is 0 Å². The summed E-state index contributed by atoms with van der Waals surface area (Å²) >= 11 is 0. The molecule has 1 rings (SSSR count). The van der Waals surface area contributed by atoms with Gasteiger partial charge in [-0.15, -0.1) is 5.06 Å². The van der Waals surface area contributed by atoms with Crippen LogP contribution in [0.5, 0.6) is 0 Å². The molecule has 0 bridgehead atoms. The van der Waals surface area contributed by atoms with Crippen LogP contribution in [0.2, 0.25) is 0 Å². The third-order valence-electron chi connectivity index (χ3n) is 3.10. The summed E-state index contributed by atoms with van der Waals surface area (Å²) in [5.41, 5.74) is -0.551. The van der Waals surface area contributed by atoms with E-state index >= 15 is 0 Å². The first-order valence-corrected chi connectivity index (χ1v) is 10.4. The lowest BCUT2D eigenvalue weighted by Crippen LogP contribution is -2.35. The number of hydrogen-bond acceptors (Lipinski definition) is 7. The molecule has 23 heavy (non-hydrogen) atoms. The standard InChI is InChI=1S/C14H23NO6S2/c1-13(2,9-14(3,4)22-23(5,19)20)8-12(18)21-15-10(16)6-7-11(15)17/h6-9H2,1-5H3. The Hall–Kier alpha value is -1.09. The zero-order chi connectivity index (χ0) is 18.1. The van der Waals surface area contributed by atoms with Crippen LogP contribution in [0.15, 0.2) is 0 Å². The molecule has 0 N–H and O–H groups in total. The van der Waals surface area contributed by atoms with E-state index in [1.165, 1.54) is 0 Å². The second-order valence-corrected chi connectivity index (χ2v) is 12.1. The smallest absolute Gasteiger partial charge is 0.330 e. The monoisotopic (exact) mass is 365 g/mol. The molecule has 1 aliphatic rings. The van der Waals surface area contributed by atoms with Crippen molar-refractivity contribution in [3.63, 3.8) is 0 Å². The average Bonchev–Trinajstić information content (AvgIpc) is 2.54. The highest BCUT2D eigenvalue weighted by molar-refractivity contribution is 8.72.